The Morgan fingerprint density at radius 1 is 1.18 bits per heavy atom. The van der Waals surface area contributed by atoms with Crippen LogP contribution in [0.1, 0.15) is 39.2 Å². The van der Waals surface area contributed by atoms with E-state index in [0.29, 0.717) is 11.6 Å². The van der Waals surface area contributed by atoms with Crippen molar-refractivity contribution in [1.29, 1.82) is 0 Å². The van der Waals surface area contributed by atoms with E-state index in [1.54, 1.807) is 0 Å². The molecule has 1 aliphatic rings. The highest BCUT2D eigenvalue weighted by Crippen LogP contribution is 2.36. The molecule has 0 radical (unpaired) electrons. The highest BCUT2D eigenvalue weighted by Gasteiger charge is 2.15. The van der Waals surface area contributed by atoms with E-state index >= 15 is 0 Å². The fourth-order valence-electron chi connectivity index (χ4n) is 2.24. The van der Waals surface area contributed by atoms with E-state index in [1.165, 1.54) is 11.1 Å². The molecule has 4 heteroatoms. The first-order chi connectivity index (χ1) is 10.6. The van der Waals surface area contributed by atoms with Crippen LogP contribution in [-0.4, -0.2) is 13.3 Å². The third-order valence-electron chi connectivity index (χ3n) is 3.54. The summed E-state index contributed by atoms with van der Waals surface area (Å²) in [5.74, 6) is 1.50. The molecule has 0 aromatic heterocycles. The molecule has 0 fully saturated rings. The zero-order valence-electron chi connectivity index (χ0n) is 13.5. The molecule has 1 heterocycles. The van der Waals surface area contributed by atoms with E-state index in [-0.39, 0.29) is 6.79 Å². The van der Waals surface area contributed by atoms with Gasteiger partial charge in [-0.05, 0) is 45.2 Å². The second kappa shape index (κ2) is 8.25. The molecule has 1 aromatic rings. The summed E-state index contributed by atoms with van der Waals surface area (Å²) >= 11 is 6.25. The zero-order valence-corrected chi connectivity index (χ0v) is 14.3. The van der Waals surface area contributed by atoms with Crippen LogP contribution < -0.4 is 14.8 Å². The third kappa shape index (κ3) is 5.08. The number of nitrogens with one attached hydrogen (secondary N) is 1. The summed E-state index contributed by atoms with van der Waals surface area (Å²) in [7, 11) is 0. The Labute approximate surface area is 138 Å². The molecule has 0 unspecified atom stereocenters. The Kier molecular flexibility index (Phi) is 6.34. The van der Waals surface area contributed by atoms with E-state index in [9.17, 15) is 0 Å². The first kappa shape index (κ1) is 16.9. The van der Waals surface area contributed by atoms with E-state index < -0.39 is 0 Å². The number of fused-ring (bicyclic) bond motifs is 1. The molecule has 0 bridgehead atoms. The van der Waals surface area contributed by atoms with Gasteiger partial charge >= 0.3 is 0 Å². The Bertz CT molecular complexity index is 575. The molecule has 0 spiro atoms. The van der Waals surface area contributed by atoms with Gasteiger partial charge in [-0.15, -0.1) is 0 Å². The van der Waals surface area contributed by atoms with Crippen LogP contribution in [0, 0.1) is 0 Å². The van der Waals surface area contributed by atoms with Crippen molar-refractivity contribution < 1.29 is 9.47 Å². The molecular weight excluding hydrogens is 298 g/mol. The third-order valence-corrected chi connectivity index (χ3v) is 3.90. The summed E-state index contributed by atoms with van der Waals surface area (Å²) in [6, 6.07) is 3.77. The Morgan fingerprint density at radius 2 is 1.91 bits per heavy atom. The molecule has 1 N–H and O–H groups in total. The molecular formula is C18H24ClNO2. The van der Waals surface area contributed by atoms with E-state index in [2.05, 4.69) is 38.2 Å². The highest BCUT2D eigenvalue weighted by molar-refractivity contribution is 6.31. The molecule has 0 amide bonds. The predicted octanol–water partition coefficient (Wildman–Crippen LogP) is 4.85. The van der Waals surface area contributed by atoms with Gasteiger partial charge < -0.3 is 14.8 Å². The molecule has 0 saturated carbocycles. The van der Waals surface area contributed by atoms with Gasteiger partial charge in [0.05, 0.1) is 0 Å². The number of benzene rings is 1. The number of hydrogen-bond donors (Lipinski definition) is 1. The van der Waals surface area contributed by atoms with E-state index in [4.69, 9.17) is 21.1 Å². The van der Waals surface area contributed by atoms with Gasteiger partial charge in [-0.25, -0.2) is 0 Å². The van der Waals surface area contributed by atoms with Gasteiger partial charge in [0.2, 0.25) is 6.79 Å². The van der Waals surface area contributed by atoms with Crippen LogP contribution in [0.25, 0.3) is 0 Å². The monoisotopic (exact) mass is 321 g/mol. The molecule has 2 rings (SSSR count). The average molecular weight is 322 g/mol. The summed E-state index contributed by atoms with van der Waals surface area (Å²) < 4.78 is 10.7. The number of allylic oxidation sites excluding steroid dienone is 3. The second-order valence-corrected chi connectivity index (χ2v) is 6.21. The topological polar surface area (TPSA) is 30.5 Å². The first-order valence-corrected chi connectivity index (χ1v) is 8.02. The molecule has 22 heavy (non-hydrogen) atoms. The van der Waals surface area contributed by atoms with Crippen molar-refractivity contribution in [2.24, 2.45) is 0 Å². The standard InChI is InChI=1S/C18H24ClNO2/c1-13(2)5-4-6-14(3)7-8-20-11-15-9-17-18(10-16(15)19)22-12-21-17/h5,7,9-10,20H,4,6,8,11-12H2,1-3H3. The largest absolute Gasteiger partial charge is 0.454 e. The molecule has 1 aliphatic heterocycles. The summed E-state index contributed by atoms with van der Waals surface area (Å²) in [6.07, 6.45) is 6.73. The Hall–Kier alpha value is -1.45. The van der Waals surface area contributed by atoms with Crippen LogP contribution in [0.15, 0.2) is 35.4 Å². The molecule has 1 aromatic carbocycles. The first-order valence-electron chi connectivity index (χ1n) is 7.64. The van der Waals surface area contributed by atoms with Crippen LogP contribution >= 0.6 is 11.6 Å². The number of ether oxygens (including phenoxy) is 2. The molecule has 0 saturated heterocycles. The van der Waals surface area contributed by atoms with Crippen LogP contribution in [-0.2, 0) is 6.54 Å². The summed E-state index contributed by atoms with van der Waals surface area (Å²) in [5.41, 5.74) is 3.81. The number of hydrogen-bond acceptors (Lipinski definition) is 3. The van der Waals surface area contributed by atoms with Gasteiger partial charge in [0.25, 0.3) is 0 Å². The molecule has 3 nitrogen and oxygen atoms in total. The SMILES string of the molecule is CC(C)=CCCC(C)=CCNCc1cc2c(cc1Cl)OCO2. The van der Waals surface area contributed by atoms with Crippen molar-refractivity contribution in [1.82, 2.24) is 5.32 Å². The average Bonchev–Trinajstić information content (AvgIpc) is 2.90. The highest BCUT2D eigenvalue weighted by atomic mass is 35.5. The quantitative estimate of drug-likeness (QED) is 0.575. The minimum atomic E-state index is 0.274. The second-order valence-electron chi connectivity index (χ2n) is 5.80. The molecule has 0 aliphatic carbocycles. The van der Waals surface area contributed by atoms with Crippen molar-refractivity contribution in [3.8, 4) is 11.5 Å². The van der Waals surface area contributed by atoms with Gasteiger partial charge in [-0.2, -0.15) is 0 Å². The molecule has 120 valence electrons. The maximum absolute atomic E-state index is 6.25. The Morgan fingerprint density at radius 3 is 2.64 bits per heavy atom. The van der Waals surface area contributed by atoms with E-state index in [0.717, 1.165) is 36.4 Å². The maximum atomic E-state index is 6.25. The van der Waals surface area contributed by atoms with Gasteiger partial charge in [0, 0.05) is 24.2 Å². The lowest BCUT2D eigenvalue weighted by atomic mass is 10.1. The lowest BCUT2D eigenvalue weighted by molar-refractivity contribution is 0.174. The minimum Gasteiger partial charge on any atom is -0.454 e. The van der Waals surface area contributed by atoms with Gasteiger partial charge in [-0.1, -0.05) is 34.9 Å². The summed E-state index contributed by atoms with van der Waals surface area (Å²) in [6.45, 7) is 8.27. The fraction of sp³-hybridized carbons (Fsp3) is 0.444. The van der Waals surface area contributed by atoms with Crippen molar-refractivity contribution in [2.75, 3.05) is 13.3 Å². The summed E-state index contributed by atoms with van der Waals surface area (Å²) in [4.78, 5) is 0. The predicted molar refractivity (Wildman–Crippen MR) is 91.7 cm³/mol. The fourth-order valence-corrected chi connectivity index (χ4v) is 2.46. The minimum absolute atomic E-state index is 0.274. The van der Waals surface area contributed by atoms with Gasteiger partial charge in [0.1, 0.15) is 0 Å². The Balaban J connectivity index is 1.78. The van der Waals surface area contributed by atoms with Crippen LogP contribution in [0.2, 0.25) is 5.02 Å². The van der Waals surface area contributed by atoms with Crippen molar-refractivity contribution in [3.05, 3.63) is 46.0 Å². The lowest BCUT2D eigenvalue weighted by Gasteiger charge is -2.07. The number of rotatable bonds is 7. The number of halogens is 1. The van der Waals surface area contributed by atoms with Crippen LogP contribution in [0.5, 0.6) is 11.5 Å². The maximum Gasteiger partial charge on any atom is 0.231 e. The normalized spacial score (nSPS) is 13.4. The smallest absolute Gasteiger partial charge is 0.231 e. The summed E-state index contributed by atoms with van der Waals surface area (Å²) in [5, 5.41) is 4.10. The van der Waals surface area contributed by atoms with E-state index in [1.807, 2.05) is 12.1 Å². The molecule has 0 atom stereocenters. The van der Waals surface area contributed by atoms with Crippen molar-refractivity contribution in [3.63, 3.8) is 0 Å². The zero-order chi connectivity index (χ0) is 15.9. The van der Waals surface area contributed by atoms with Crippen molar-refractivity contribution in [2.45, 2.75) is 40.2 Å². The van der Waals surface area contributed by atoms with Crippen LogP contribution in [0.3, 0.4) is 0 Å². The van der Waals surface area contributed by atoms with Crippen molar-refractivity contribution >= 4 is 11.6 Å². The van der Waals surface area contributed by atoms with Crippen LogP contribution in [0.4, 0.5) is 0 Å². The lowest BCUT2D eigenvalue weighted by Crippen LogP contribution is -2.13. The van der Waals surface area contributed by atoms with Gasteiger partial charge in [0.15, 0.2) is 11.5 Å². The van der Waals surface area contributed by atoms with Gasteiger partial charge in [-0.3, -0.25) is 0 Å².